The lowest BCUT2D eigenvalue weighted by Gasteiger charge is -2.27. The van der Waals surface area contributed by atoms with Crippen LogP contribution in [0.1, 0.15) is 32.3 Å². The molecule has 1 aromatic rings. The Bertz CT molecular complexity index is 491. The van der Waals surface area contributed by atoms with Crippen LogP contribution >= 0.6 is 0 Å². The Hall–Kier alpha value is -1.88. The third-order valence-electron chi connectivity index (χ3n) is 4.13. The molecule has 0 amide bonds. The highest BCUT2D eigenvalue weighted by atomic mass is 16.5. The maximum absolute atomic E-state index is 12.2. The lowest BCUT2D eigenvalue weighted by atomic mass is 10.1. The number of carbonyl (C=O) groups is 2. The number of nitrogens with zero attached hydrogens (tertiary/aromatic N) is 1. The minimum absolute atomic E-state index is 0.243. The van der Waals surface area contributed by atoms with E-state index >= 15 is 0 Å². The zero-order chi connectivity index (χ0) is 16.7. The summed E-state index contributed by atoms with van der Waals surface area (Å²) in [6, 6.07) is 9.35. The van der Waals surface area contributed by atoms with Gasteiger partial charge in [0.2, 0.25) is 0 Å². The fourth-order valence-electron chi connectivity index (χ4n) is 3.06. The Morgan fingerprint density at radius 1 is 1.00 bits per heavy atom. The first-order chi connectivity index (χ1) is 11.2. The first kappa shape index (κ1) is 17.5. The van der Waals surface area contributed by atoms with Gasteiger partial charge in [0, 0.05) is 6.54 Å². The first-order valence-corrected chi connectivity index (χ1v) is 8.30. The molecule has 5 heteroatoms. The lowest BCUT2D eigenvalue weighted by molar-refractivity contribution is -0.153. The van der Waals surface area contributed by atoms with Crippen molar-refractivity contribution in [1.29, 1.82) is 0 Å². The van der Waals surface area contributed by atoms with E-state index in [2.05, 4.69) is 12.1 Å². The summed E-state index contributed by atoms with van der Waals surface area (Å²) in [4.78, 5) is 26.3. The molecule has 1 heterocycles. The summed E-state index contributed by atoms with van der Waals surface area (Å²) in [7, 11) is 0. The van der Waals surface area contributed by atoms with Crippen LogP contribution in [0, 0.1) is 0 Å². The highest BCUT2D eigenvalue weighted by molar-refractivity contribution is 5.81. The summed E-state index contributed by atoms with van der Waals surface area (Å²) in [5, 5.41) is 0. The van der Waals surface area contributed by atoms with Crippen molar-refractivity contribution in [3.63, 3.8) is 0 Å². The van der Waals surface area contributed by atoms with Crippen LogP contribution in [0.15, 0.2) is 30.3 Å². The van der Waals surface area contributed by atoms with E-state index in [1.54, 1.807) is 13.8 Å². The van der Waals surface area contributed by atoms with Crippen molar-refractivity contribution in [3.8, 4) is 0 Å². The minimum Gasteiger partial charge on any atom is -0.465 e. The van der Waals surface area contributed by atoms with Crippen LogP contribution < -0.4 is 0 Å². The molecule has 0 aliphatic carbocycles. The van der Waals surface area contributed by atoms with Crippen molar-refractivity contribution in [1.82, 2.24) is 4.90 Å². The van der Waals surface area contributed by atoms with E-state index in [4.69, 9.17) is 9.47 Å². The maximum atomic E-state index is 12.2. The average Bonchev–Trinajstić information content (AvgIpc) is 2.98. The normalized spacial score (nSPS) is 21.1. The maximum Gasteiger partial charge on any atom is 0.323 e. The van der Waals surface area contributed by atoms with Gasteiger partial charge in [-0.3, -0.25) is 14.5 Å². The van der Waals surface area contributed by atoms with Crippen molar-refractivity contribution >= 4 is 11.9 Å². The van der Waals surface area contributed by atoms with Crippen LogP contribution in [0.3, 0.4) is 0 Å². The predicted molar refractivity (Wildman–Crippen MR) is 86.9 cm³/mol. The molecule has 23 heavy (non-hydrogen) atoms. The summed E-state index contributed by atoms with van der Waals surface area (Å²) >= 11 is 0. The van der Waals surface area contributed by atoms with Gasteiger partial charge in [-0.2, -0.15) is 0 Å². The van der Waals surface area contributed by atoms with E-state index in [1.165, 1.54) is 5.56 Å². The van der Waals surface area contributed by atoms with Crippen LogP contribution in [0.25, 0.3) is 0 Å². The Morgan fingerprint density at radius 2 is 1.52 bits per heavy atom. The van der Waals surface area contributed by atoms with Gasteiger partial charge in [-0.15, -0.1) is 0 Å². The molecular formula is C18H25NO4. The summed E-state index contributed by atoms with van der Waals surface area (Å²) in [5.74, 6) is -0.486. The number of benzene rings is 1. The zero-order valence-electron chi connectivity index (χ0n) is 13.9. The second-order valence-corrected chi connectivity index (χ2v) is 5.59. The Morgan fingerprint density at radius 3 is 2.00 bits per heavy atom. The number of esters is 2. The number of carbonyl (C=O) groups excluding carboxylic acids is 2. The van der Waals surface area contributed by atoms with Crippen molar-refractivity contribution in [2.24, 2.45) is 0 Å². The van der Waals surface area contributed by atoms with Crippen LogP contribution in [0.4, 0.5) is 0 Å². The smallest absolute Gasteiger partial charge is 0.323 e. The second kappa shape index (κ2) is 8.67. The third-order valence-corrected chi connectivity index (χ3v) is 4.13. The second-order valence-electron chi connectivity index (χ2n) is 5.59. The summed E-state index contributed by atoms with van der Waals surface area (Å²) in [6.07, 6.45) is 2.06. The van der Waals surface area contributed by atoms with Crippen molar-refractivity contribution in [3.05, 3.63) is 35.9 Å². The summed E-state index contributed by atoms with van der Waals surface area (Å²) in [5.41, 5.74) is 1.18. The molecule has 126 valence electrons. The average molecular weight is 319 g/mol. The molecule has 0 N–H and O–H groups in total. The van der Waals surface area contributed by atoms with Crippen LogP contribution in [0.5, 0.6) is 0 Å². The number of ether oxygens (including phenoxy) is 2. The van der Waals surface area contributed by atoms with Gasteiger partial charge in [-0.25, -0.2) is 0 Å². The van der Waals surface area contributed by atoms with Gasteiger partial charge in [-0.05, 0) is 38.7 Å². The van der Waals surface area contributed by atoms with E-state index in [1.807, 2.05) is 23.1 Å². The molecule has 1 aliphatic rings. The van der Waals surface area contributed by atoms with Gasteiger partial charge in [0.15, 0.2) is 0 Å². The van der Waals surface area contributed by atoms with E-state index in [0.29, 0.717) is 32.6 Å². The highest BCUT2D eigenvalue weighted by Crippen LogP contribution is 2.26. The zero-order valence-corrected chi connectivity index (χ0v) is 13.9. The first-order valence-electron chi connectivity index (χ1n) is 8.30. The lowest BCUT2D eigenvalue weighted by Crippen LogP contribution is -2.46. The molecule has 5 nitrogen and oxygen atoms in total. The topological polar surface area (TPSA) is 55.8 Å². The molecule has 1 aromatic carbocycles. The number of hydrogen-bond donors (Lipinski definition) is 0. The Labute approximate surface area is 137 Å². The van der Waals surface area contributed by atoms with Crippen LogP contribution in [-0.2, 0) is 25.5 Å². The quantitative estimate of drug-likeness (QED) is 0.721. The fourth-order valence-corrected chi connectivity index (χ4v) is 3.06. The molecule has 0 saturated carbocycles. The number of likely N-dealkylation sites (tertiary alicyclic amines) is 1. The molecule has 1 saturated heterocycles. The van der Waals surface area contributed by atoms with Gasteiger partial charge >= 0.3 is 11.9 Å². The summed E-state index contributed by atoms with van der Waals surface area (Å²) < 4.78 is 10.3. The van der Waals surface area contributed by atoms with E-state index in [9.17, 15) is 9.59 Å². The molecule has 0 bridgehead atoms. The fraction of sp³-hybridized carbons (Fsp3) is 0.556. The standard InChI is InChI=1S/C18H25NO4/c1-3-22-17(20)15-10-11-16(18(21)23-4-2)19(15)13-12-14-8-6-5-7-9-14/h5-9,15-16H,3-4,10-13H2,1-2H3/t15-,16-/m1/s1. The van der Waals surface area contributed by atoms with Crippen molar-refractivity contribution in [2.75, 3.05) is 19.8 Å². The molecule has 2 rings (SSSR count). The molecule has 1 fully saturated rings. The van der Waals surface area contributed by atoms with E-state index in [-0.39, 0.29) is 24.0 Å². The van der Waals surface area contributed by atoms with Crippen LogP contribution in [-0.4, -0.2) is 48.7 Å². The van der Waals surface area contributed by atoms with Gasteiger partial charge < -0.3 is 9.47 Å². The van der Waals surface area contributed by atoms with Crippen molar-refractivity contribution in [2.45, 2.75) is 45.2 Å². The number of hydrogen-bond acceptors (Lipinski definition) is 5. The molecule has 1 aliphatic heterocycles. The van der Waals surface area contributed by atoms with Gasteiger partial charge in [0.05, 0.1) is 13.2 Å². The Kier molecular flexibility index (Phi) is 6.59. The van der Waals surface area contributed by atoms with Gasteiger partial charge in [0.25, 0.3) is 0 Å². The van der Waals surface area contributed by atoms with E-state index in [0.717, 1.165) is 6.42 Å². The number of rotatable bonds is 7. The van der Waals surface area contributed by atoms with Crippen LogP contribution in [0.2, 0.25) is 0 Å². The van der Waals surface area contributed by atoms with Crippen molar-refractivity contribution < 1.29 is 19.1 Å². The predicted octanol–water partition coefficient (Wildman–Crippen LogP) is 2.19. The van der Waals surface area contributed by atoms with Gasteiger partial charge in [0.1, 0.15) is 12.1 Å². The Balaban J connectivity index is 2.07. The monoisotopic (exact) mass is 319 g/mol. The molecule has 0 radical (unpaired) electrons. The third kappa shape index (κ3) is 4.55. The summed E-state index contributed by atoms with van der Waals surface area (Å²) in [6.45, 7) is 4.93. The SMILES string of the molecule is CCOC(=O)[C@H]1CC[C@H](C(=O)OCC)N1CCc1ccccc1. The van der Waals surface area contributed by atoms with E-state index < -0.39 is 0 Å². The molecule has 0 spiro atoms. The molecule has 0 aromatic heterocycles. The minimum atomic E-state index is -0.354. The largest absolute Gasteiger partial charge is 0.465 e. The van der Waals surface area contributed by atoms with Gasteiger partial charge in [-0.1, -0.05) is 30.3 Å². The molecule has 0 unspecified atom stereocenters. The molecule has 2 atom stereocenters. The highest BCUT2D eigenvalue weighted by Gasteiger charge is 2.42. The molecular weight excluding hydrogens is 294 g/mol.